The molecule has 1 rings (SSSR count). The monoisotopic (exact) mass is 234 g/mol. The molecule has 0 saturated carbocycles. The quantitative estimate of drug-likeness (QED) is 0.436. The molecule has 3 N–H and O–H groups in total. The van der Waals surface area contributed by atoms with Crippen molar-refractivity contribution in [3.63, 3.8) is 0 Å². The van der Waals surface area contributed by atoms with Gasteiger partial charge in [0.25, 0.3) is 6.29 Å². The fourth-order valence-electron chi connectivity index (χ4n) is 0.818. The summed E-state index contributed by atoms with van der Waals surface area (Å²) in [7, 11) is 3.13. The number of hydrogen-bond acceptors (Lipinski definition) is 7. The van der Waals surface area contributed by atoms with Crippen LogP contribution < -0.4 is 16.0 Å². The van der Waals surface area contributed by atoms with Crippen LogP contribution in [-0.2, 0) is 9.47 Å². The lowest BCUT2D eigenvalue weighted by molar-refractivity contribution is 0.175. The second-order valence-corrected chi connectivity index (χ2v) is 2.89. The van der Waals surface area contributed by atoms with Gasteiger partial charge in [-0.15, -0.1) is 0 Å². The molecule has 1 aliphatic heterocycles. The molecule has 0 fully saturated rings. The second kappa shape index (κ2) is 6.57. The molecule has 0 aliphatic carbocycles. The van der Waals surface area contributed by atoms with Gasteiger partial charge in [-0.1, -0.05) is 0 Å². The fourth-order valence-corrected chi connectivity index (χ4v) is 0.987. The zero-order valence-electron chi connectivity index (χ0n) is 8.50. The van der Waals surface area contributed by atoms with Crippen LogP contribution >= 0.6 is 11.6 Å². The van der Waals surface area contributed by atoms with E-state index >= 15 is 0 Å². The van der Waals surface area contributed by atoms with E-state index in [0.717, 1.165) is 0 Å². The summed E-state index contributed by atoms with van der Waals surface area (Å²) in [6.45, 7) is 0.637. The number of aliphatic imine (C=N–C) groups is 2. The molecule has 0 amide bonds. The lowest BCUT2D eigenvalue weighted by Crippen LogP contribution is -2.42. The van der Waals surface area contributed by atoms with Gasteiger partial charge in [-0.2, -0.15) is 4.99 Å². The van der Waals surface area contributed by atoms with Gasteiger partial charge >= 0.3 is 0 Å². The summed E-state index contributed by atoms with van der Waals surface area (Å²) < 4.78 is 9.64. The van der Waals surface area contributed by atoms with Crippen molar-refractivity contribution in [3.8, 4) is 0 Å². The molecule has 0 aromatic heterocycles. The van der Waals surface area contributed by atoms with E-state index in [1.54, 1.807) is 14.2 Å². The average molecular weight is 235 g/mol. The number of guanidine groups is 1. The van der Waals surface area contributed by atoms with E-state index < -0.39 is 0 Å². The summed E-state index contributed by atoms with van der Waals surface area (Å²) in [5.74, 6) is 0.374. The summed E-state index contributed by atoms with van der Waals surface area (Å²) in [6, 6.07) is 0. The number of nitrogens with one attached hydrogen (secondary N) is 3. The maximum Gasteiger partial charge on any atom is 0.251 e. The van der Waals surface area contributed by atoms with Crippen LogP contribution in [0.5, 0.6) is 0 Å². The molecule has 7 nitrogen and oxygen atoms in total. The van der Waals surface area contributed by atoms with Crippen LogP contribution in [0.3, 0.4) is 0 Å². The molecular formula is C7H13ClN5O2. The lowest BCUT2D eigenvalue weighted by Gasteiger charge is -2.18. The van der Waals surface area contributed by atoms with Crippen LogP contribution in [0.2, 0.25) is 0 Å². The largest absolute Gasteiger partial charge is 0.369 e. The summed E-state index contributed by atoms with van der Waals surface area (Å²) >= 11 is 5.74. The first-order valence-corrected chi connectivity index (χ1v) is 4.56. The van der Waals surface area contributed by atoms with E-state index in [4.69, 9.17) is 21.1 Å². The van der Waals surface area contributed by atoms with Gasteiger partial charge < -0.3 is 20.1 Å². The van der Waals surface area contributed by atoms with E-state index in [2.05, 4.69) is 25.9 Å². The molecular weight excluding hydrogens is 222 g/mol. The Kier molecular flexibility index (Phi) is 5.33. The van der Waals surface area contributed by atoms with Crippen molar-refractivity contribution in [3.05, 3.63) is 6.29 Å². The van der Waals surface area contributed by atoms with E-state index in [1.807, 2.05) is 0 Å². The molecule has 0 unspecified atom stereocenters. The van der Waals surface area contributed by atoms with Gasteiger partial charge in [-0.3, -0.25) is 0 Å². The number of amidine groups is 1. The highest BCUT2D eigenvalue weighted by atomic mass is 35.5. The van der Waals surface area contributed by atoms with Gasteiger partial charge in [-0.05, 0) is 11.6 Å². The predicted molar refractivity (Wildman–Crippen MR) is 57.1 cm³/mol. The number of halogens is 1. The van der Waals surface area contributed by atoms with Crippen molar-refractivity contribution >= 4 is 22.9 Å². The molecule has 0 saturated heterocycles. The average Bonchev–Trinajstić information content (AvgIpc) is 2.23. The maximum atomic E-state index is 5.74. The zero-order chi connectivity index (χ0) is 11.1. The second-order valence-electron chi connectivity index (χ2n) is 2.53. The van der Waals surface area contributed by atoms with Crippen molar-refractivity contribution < 1.29 is 9.47 Å². The molecule has 1 radical (unpaired) electrons. The van der Waals surface area contributed by atoms with Crippen LogP contribution in [0.1, 0.15) is 0 Å². The minimum atomic E-state index is 0.224. The Morgan fingerprint density at radius 1 is 1.20 bits per heavy atom. The van der Waals surface area contributed by atoms with E-state index in [-0.39, 0.29) is 5.29 Å². The fraction of sp³-hybridized carbons (Fsp3) is 0.571. The predicted octanol–water partition coefficient (Wildman–Crippen LogP) is -0.626. The van der Waals surface area contributed by atoms with Gasteiger partial charge in [-0.25, -0.2) is 10.3 Å². The van der Waals surface area contributed by atoms with Gasteiger partial charge in [0.15, 0.2) is 0 Å². The lowest BCUT2D eigenvalue weighted by atomic mass is 10.7. The SMILES string of the molecule is COCN[C]1N=C(NCOC)N=C(Cl)N1. The first kappa shape index (κ1) is 12.2. The van der Waals surface area contributed by atoms with Gasteiger partial charge in [0.1, 0.15) is 6.73 Å². The Bertz CT molecular complexity index is 258. The number of ether oxygens (including phenoxy) is 2. The smallest absolute Gasteiger partial charge is 0.251 e. The Balaban J connectivity index is 2.47. The topological polar surface area (TPSA) is 79.3 Å². The van der Waals surface area contributed by atoms with Crippen LogP contribution in [-0.4, -0.2) is 38.9 Å². The number of hydrogen-bond donors (Lipinski definition) is 3. The Labute approximate surface area is 92.9 Å². The highest BCUT2D eigenvalue weighted by Crippen LogP contribution is 2.01. The third-order valence-corrected chi connectivity index (χ3v) is 1.58. The molecule has 85 valence electrons. The highest BCUT2D eigenvalue weighted by molar-refractivity contribution is 6.65. The third kappa shape index (κ3) is 4.43. The molecule has 1 heterocycles. The van der Waals surface area contributed by atoms with Crippen molar-refractivity contribution in [1.82, 2.24) is 16.0 Å². The first-order valence-electron chi connectivity index (χ1n) is 4.18. The summed E-state index contributed by atoms with van der Waals surface area (Å²) in [5.41, 5.74) is 0. The zero-order valence-corrected chi connectivity index (χ0v) is 9.26. The summed E-state index contributed by atoms with van der Waals surface area (Å²) in [4.78, 5) is 7.98. The molecule has 0 spiro atoms. The Hall–Kier alpha value is -0.890. The molecule has 15 heavy (non-hydrogen) atoms. The van der Waals surface area contributed by atoms with Crippen LogP contribution in [0.15, 0.2) is 9.98 Å². The van der Waals surface area contributed by atoms with E-state index in [0.29, 0.717) is 25.7 Å². The molecule has 8 heteroatoms. The standard InChI is InChI=1S/C7H13ClN5O2/c1-14-3-9-6-11-5(8)12-7(13-6)10-4-15-2/h9H,3-4H2,1-2H3,(H2,10,11,12,13). The summed E-state index contributed by atoms with van der Waals surface area (Å²) in [6.07, 6.45) is 0.468. The van der Waals surface area contributed by atoms with Crippen LogP contribution in [0.25, 0.3) is 0 Å². The molecule has 0 atom stereocenters. The Morgan fingerprint density at radius 3 is 2.53 bits per heavy atom. The highest BCUT2D eigenvalue weighted by Gasteiger charge is 2.16. The number of rotatable bonds is 5. The van der Waals surface area contributed by atoms with E-state index in [9.17, 15) is 0 Å². The molecule has 1 aliphatic rings. The number of nitrogens with zero attached hydrogens (tertiary/aromatic N) is 2. The van der Waals surface area contributed by atoms with Crippen LogP contribution in [0.4, 0.5) is 0 Å². The minimum absolute atomic E-state index is 0.224. The molecule has 0 aromatic rings. The van der Waals surface area contributed by atoms with Crippen molar-refractivity contribution in [2.75, 3.05) is 27.7 Å². The Morgan fingerprint density at radius 2 is 1.87 bits per heavy atom. The van der Waals surface area contributed by atoms with Gasteiger partial charge in [0.05, 0.1) is 6.73 Å². The van der Waals surface area contributed by atoms with Crippen molar-refractivity contribution in [2.24, 2.45) is 9.98 Å². The van der Waals surface area contributed by atoms with Crippen molar-refractivity contribution in [1.29, 1.82) is 0 Å². The molecule has 0 aromatic carbocycles. The van der Waals surface area contributed by atoms with E-state index in [1.165, 1.54) is 0 Å². The maximum absolute atomic E-state index is 5.74. The molecule has 0 bridgehead atoms. The van der Waals surface area contributed by atoms with Gasteiger partial charge in [0.2, 0.25) is 11.3 Å². The number of methoxy groups -OCH3 is 2. The van der Waals surface area contributed by atoms with Gasteiger partial charge in [0, 0.05) is 14.2 Å². The van der Waals surface area contributed by atoms with Crippen molar-refractivity contribution in [2.45, 2.75) is 0 Å². The van der Waals surface area contributed by atoms with Crippen LogP contribution in [0, 0.1) is 6.29 Å². The normalized spacial score (nSPS) is 16.7. The first-order chi connectivity index (χ1) is 7.26. The minimum Gasteiger partial charge on any atom is -0.369 e. The third-order valence-electron chi connectivity index (χ3n) is 1.40. The summed E-state index contributed by atoms with van der Waals surface area (Å²) in [5, 5.41) is 8.63.